The monoisotopic (exact) mass is 914 g/mol. The van der Waals surface area contributed by atoms with Gasteiger partial charge in [-0.1, -0.05) is 218 Å². The van der Waals surface area contributed by atoms with Crippen LogP contribution in [0.3, 0.4) is 0 Å². The zero-order chi connectivity index (χ0) is 47.3. The highest BCUT2D eigenvalue weighted by Gasteiger charge is 2.46. The zero-order valence-corrected chi connectivity index (χ0v) is 39.3. The molecule has 0 radical (unpaired) electrons. The van der Waals surface area contributed by atoms with E-state index in [1.54, 1.807) is 0 Å². The predicted octanol–water partition coefficient (Wildman–Crippen LogP) is 16.0. The predicted molar refractivity (Wildman–Crippen MR) is 309 cm³/mol. The first-order valence-corrected chi connectivity index (χ1v) is 25.0. The number of nitrogens with zero attached hydrogens (tertiary/aromatic N) is 4. The molecule has 2 heterocycles. The summed E-state index contributed by atoms with van der Waals surface area (Å²) in [6.07, 6.45) is 0. The third-order valence-electron chi connectivity index (χ3n) is 15.4. The Labute approximate surface area is 419 Å². The zero-order valence-electron chi connectivity index (χ0n) is 39.3. The van der Waals surface area contributed by atoms with Crippen molar-refractivity contribution in [2.75, 3.05) is 19.2 Å². The molecule has 6 heteroatoms. The van der Waals surface area contributed by atoms with Crippen molar-refractivity contribution in [3.8, 4) is 0 Å². The van der Waals surface area contributed by atoms with Gasteiger partial charge in [-0.2, -0.15) is 0 Å². The van der Waals surface area contributed by atoms with Crippen molar-refractivity contribution in [3.63, 3.8) is 0 Å². The second kappa shape index (κ2) is 16.2. The number of rotatable bonds is 6. The summed E-state index contributed by atoms with van der Waals surface area (Å²) in [6, 6.07) is 98.8. The normalized spacial score (nSPS) is 13.4. The third-order valence-corrected chi connectivity index (χ3v) is 15.4. The van der Waals surface area contributed by atoms with E-state index in [1.807, 2.05) is 0 Å². The number of hydrogen-bond donors (Lipinski definition) is 0. The molecular formula is C66H44B2N4. The van der Waals surface area contributed by atoms with Crippen LogP contribution in [0, 0.1) is 0 Å². The van der Waals surface area contributed by atoms with Crippen molar-refractivity contribution in [1.29, 1.82) is 0 Å². The minimum atomic E-state index is -0.175. The molecule has 0 N–H and O–H groups in total. The fraction of sp³-hybridized carbons (Fsp3) is 0. The summed E-state index contributed by atoms with van der Waals surface area (Å²) in [5, 5.41) is 14.7. The standard InChI is InChI=1S/C66H44B2N4/c1-5-25-55-45(17-1)21-13-33-59(55)69-63-29-9-10-30-64(63)70(60-34-14-22-46-18-2-6-26-56(46)60)67(69)51-39-41-53-49(43-51)37-38-50-44-52(40-42-54(50)53)68-71(61-35-15-23-47-19-3-7-27-57(47)61)65-31-11-12-32-66(65)72(68)62-36-16-24-48-20-4-8-28-58(48)62/h1-44H. The number of benzene rings is 13. The highest BCUT2D eigenvalue weighted by molar-refractivity contribution is 6.86. The van der Waals surface area contributed by atoms with Gasteiger partial charge in [0, 0.05) is 44.3 Å². The Morgan fingerprint density at radius 1 is 0.181 bits per heavy atom. The molecule has 334 valence electrons. The van der Waals surface area contributed by atoms with Crippen LogP contribution in [0.15, 0.2) is 267 Å². The molecule has 0 aromatic heterocycles. The van der Waals surface area contributed by atoms with Crippen molar-refractivity contribution in [2.45, 2.75) is 0 Å². The van der Waals surface area contributed by atoms with Crippen LogP contribution < -0.4 is 30.2 Å². The Kier molecular flexibility index (Phi) is 9.12. The van der Waals surface area contributed by atoms with Gasteiger partial charge in [0.2, 0.25) is 0 Å². The average Bonchev–Trinajstić information content (AvgIpc) is 3.98. The molecule has 0 atom stereocenters. The van der Waals surface area contributed by atoms with Crippen molar-refractivity contribution >= 4 is 135 Å². The van der Waals surface area contributed by atoms with Crippen LogP contribution in [0.4, 0.5) is 45.5 Å². The van der Waals surface area contributed by atoms with Crippen molar-refractivity contribution in [3.05, 3.63) is 267 Å². The van der Waals surface area contributed by atoms with Crippen LogP contribution in [0.2, 0.25) is 0 Å². The van der Waals surface area contributed by atoms with E-state index < -0.39 is 0 Å². The van der Waals surface area contributed by atoms with Gasteiger partial charge >= 0.3 is 14.0 Å². The van der Waals surface area contributed by atoms with E-state index in [4.69, 9.17) is 0 Å². The van der Waals surface area contributed by atoms with Gasteiger partial charge in [0.25, 0.3) is 0 Å². The Morgan fingerprint density at radius 3 is 0.736 bits per heavy atom. The molecule has 0 bridgehead atoms. The maximum absolute atomic E-state index is 2.57. The highest BCUT2D eigenvalue weighted by atomic mass is 15.3. The molecule has 72 heavy (non-hydrogen) atoms. The van der Waals surface area contributed by atoms with E-state index in [1.165, 1.54) is 121 Å². The number of anilines is 8. The van der Waals surface area contributed by atoms with Gasteiger partial charge in [-0.3, -0.25) is 0 Å². The van der Waals surface area contributed by atoms with Gasteiger partial charge in [-0.05, 0) is 103 Å². The van der Waals surface area contributed by atoms with E-state index >= 15 is 0 Å². The lowest BCUT2D eigenvalue weighted by molar-refractivity contribution is 1.42. The summed E-state index contributed by atoms with van der Waals surface area (Å²) in [4.78, 5) is 10.3. The summed E-state index contributed by atoms with van der Waals surface area (Å²) in [6.45, 7) is -0.351. The first-order valence-electron chi connectivity index (χ1n) is 25.0. The van der Waals surface area contributed by atoms with E-state index in [0.717, 1.165) is 0 Å². The average molecular weight is 915 g/mol. The summed E-state index contributed by atoms with van der Waals surface area (Å²) in [7, 11) is 0. The highest BCUT2D eigenvalue weighted by Crippen LogP contribution is 2.51. The largest absolute Gasteiger partial charge is 0.420 e. The van der Waals surface area contributed by atoms with Crippen LogP contribution in [0.5, 0.6) is 0 Å². The van der Waals surface area contributed by atoms with Gasteiger partial charge in [-0.15, -0.1) is 0 Å². The quantitative estimate of drug-likeness (QED) is 0.122. The fourth-order valence-electron chi connectivity index (χ4n) is 12.2. The van der Waals surface area contributed by atoms with Gasteiger partial charge in [0.05, 0.1) is 22.7 Å². The Hall–Kier alpha value is -9.25. The number of hydrogen-bond acceptors (Lipinski definition) is 4. The third kappa shape index (κ3) is 6.15. The van der Waals surface area contributed by atoms with E-state index in [-0.39, 0.29) is 14.0 Å². The van der Waals surface area contributed by atoms with Gasteiger partial charge in [0.15, 0.2) is 0 Å². The molecule has 13 aromatic rings. The van der Waals surface area contributed by atoms with Crippen LogP contribution in [-0.4, -0.2) is 14.0 Å². The number of para-hydroxylation sites is 4. The van der Waals surface area contributed by atoms with Gasteiger partial charge < -0.3 is 19.2 Å². The van der Waals surface area contributed by atoms with E-state index in [9.17, 15) is 0 Å². The van der Waals surface area contributed by atoms with Crippen molar-refractivity contribution < 1.29 is 0 Å². The Bertz CT molecular complexity index is 3810. The molecule has 2 aliphatic heterocycles. The Balaban J connectivity index is 0.911. The number of fused-ring (bicyclic) bond motifs is 9. The molecule has 0 aliphatic carbocycles. The molecule has 2 aliphatic rings. The maximum atomic E-state index is 2.57. The Morgan fingerprint density at radius 2 is 0.431 bits per heavy atom. The summed E-state index contributed by atoms with van der Waals surface area (Å²) in [5.41, 5.74) is 11.9. The summed E-state index contributed by atoms with van der Waals surface area (Å²) >= 11 is 0. The molecule has 4 nitrogen and oxygen atoms in total. The molecule has 0 saturated carbocycles. The van der Waals surface area contributed by atoms with E-state index in [0.29, 0.717) is 0 Å². The van der Waals surface area contributed by atoms with Crippen LogP contribution in [0.25, 0.3) is 64.6 Å². The first kappa shape index (κ1) is 40.6. The minimum Gasteiger partial charge on any atom is -0.359 e. The van der Waals surface area contributed by atoms with Crippen LogP contribution >= 0.6 is 0 Å². The van der Waals surface area contributed by atoms with Gasteiger partial charge in [-0.25, -0.2) is 0 Å². The SMILES string of the molecule is c1ccc2c(c1)N(c1cccc3ccccc13)B(c1ccc3c(ccc4cc(B5N(c6cccc7ccccc67)c6ccccc6N5c5cccc6ccccc56)ccc43)c1)N2c1cccc2ccccc12. The first-order chi connectivity index (χ1) is 35.7. The maximum Gasteiger partial charge on any atom is 0.420 e. The lowest BCUT2D eigenvalue weighted by Crippen LogP contribution is -2.53. The van der Waals surface area contributed by atoms with Crippen LogP contribution in [0.1, 0.15) is 0 Å². The smallest absolute Gasteiger partial charge is 0.359 e. The second-order valence-corrected chi connectivity index (χ2v) is 19.2. The molecule has 0 amide bonds. The minimum absolute atomic E-state index is 0.175. The lowest BCUT2D eigenvalue weighted by atomic mass is 9.63. The van der Waals surface area contributed by atoms with E-state index in [2.05, 4.69) is 286 Å². The van der Waals surface area contributed by atoms with Crippen LogP contribution in [-0.2, 0) is 0 Å². The molecular weight excluding hydrogens is 870 g/mol. The second-order valence-electron chi connectivity index (χ2n) is 19.2. The summed E-state index contributed by atoms with van der Waals surface area (Å²) < 4.78 is 0. The molecule has 0 spiro atoms. The molecule has 13 aromatic carbocycles. The summed E-state index contributed by atoms with van der Waals surface area (Å²) in [5.74, 6) is 0. The molecule has 0 saturated heterocycles. The molecule has 0 unspecified atom stereocenters. The molecule has 15 rings (SSSR count). The lowest BCUT2D eigenvalue weighted by Gasteiger charge is -2.32. The fourth-order valence-corrected chi connectivity index (χ4v) is 12.2. The molecule has 0 fully saturated rings. The van der Waals surface area contributed by atoms with Gasteiger partial charge in [0.1, 0.15) is 0 Å². The topological polar surface area (TPSA) is 13.0 Å². The van der Waals surface area contributed by atoms with Crippen molar-refractivity contribution in [2.24, 2.45) is 0 Å². The van der Waals surface area contributed by atoms with Crippen molar-refractivity contribution in [1.82, 2.24) is 0 Å².